The van der Waals surface area contributed by atoms with Gasteiger partial charge in [-0.25, -0.2) is 0 Å². The van der Waals surface area contributed by atoms with Gasteiger partial charge in [0.2, 0.25) is 0 Å². The number of carbonyl (C=O) groups is 2. The Labute approximate surface area is 214 Å². The molecule has 0 heterocycles. The van der Waals surface area contributed by atoms with E-state index in [-0.39, 0.29) is 43.3 Å². The maximum absolute atomic E-state index is 11.7. The molecule has 2 atom stereocenters. The van der Waals surface area contributed by atoms with E-state index >= 15 is 0 Å². The number of aliphatic hydroxyl groups excluding tert-OH is 4. The lowest BCUT2D eigenvalue weighted by molar-refractivity contribution is 0.0535. The summed E-state index contributed by atoms with van der Waals surface area (Å²) in [6.07, 6.45) is -1.78. The van der Waals surface area contributed by atoms with E-state index in [9.17, 15) is 19.8 Å². The Balaban J connectivity index is 0.000000351. The molecule has 0 amide bonds. The smallest absolute Gasteiger partial charge is 0.173 e. The number of aliphatic hydroxyl groups is 4. The average molecular weight is 555 g/mol. The van der Waals surface area contributed by atoms with E-state index in [2.05, 4.69) is 15.9 Å². The van der Waals surface area contributed by atoms with Gasteiger partial charge in [0.25, 0.3) is 0 Å². The van der Waals surface area contributed by atoms with Crippen LogP contribution < -0.4 is 9.47 Å². The monoisotopic (exact) mass is 554 g/mol. The van der Waals surface area contributed by atoms with Crippen LogP contribution in [0.15, 0.2) is 24.3 Å². The van der Waals surface area contributed by atoms with Crippen LogP contribution in [0.25, 0.3) is 0 Å². The minimum Gasteiger partial charge on any atom is -0.491 e. The third-order valence-electron chi connectivity index (χ3n) is 5.07. The molecule has 4 N–H and O–H groups in total. The lowest BCUT2D eigenvalue weighted by Gasteiger charge is -2.13. The summed E-state index contributed by atoms with van der Waals surface area (Å²) < 4.78 is 10.7. The van der Waals surface area contributed by atoms with Gasteiger partial charge >= 0.3 is 0 Å². The molecule has 2 aromatic carbocycles. The molecule has 2 rings (SSSR count). The van der Waals surface area contributed by atoms with Crippen molar-refractivity contribution in [2.24, 2.45) is 0 Å². The minimum atomic E-state index is -0.894. The summed E-state index contributed by atoms with van der Waals surface area (Å²) in [5.74, 6) is 1.25. The molecule has 194 valence electrons. The second-order valence-corrected chi connectivity index (χ2v) is 8.83. The van der Waals surface area contributed by atoms with Crippen LogP contribution in [-0.4, -0.2) is 76.0 Å². The van der Waals surface area contributed by atoms with Crippen molar-refractivity contribution in [3.63, 3.8) is 0 Å². The zero-order chi connectivity index (χ0) is 26.7. The molecular weight excluding hydrogens is 520 g/mol. The van der Waals surface area contributed by atoms with Crippen LogP contribution in [0.4, 0.5) is 0 Å². The van der Waals surface area contributed by atoms with Gasteiger partial charge in [-0.3, -0.25) is 9.59 Å². The molecule has 0 aliphatic heterocycles. The molecular formula is C26H35BrO8. The van der Waals surface area contributed by atoms with E-state index in [0.29, 0.717) is 22.6 Å². The van der Waals surface area contributed by atoms with E-state index < -0.39 is 12.2 Å². The summed E-state index contributed by atoms with van der Waals surface area (Å²) in [7, 11) is 0. The number of hydrogen-bond acceptors (Lipinski definition) is 8. The van der Waals surface area contributed by atoms with Gasteiger partial charge in [0.05, 0.1) is 18.5 Å². The number of hydrogen-bond donors (Lipinski definition) is 4. The maximum atomic E-state index is 11.7. The number of Topliss-reactive ketones (excluding diaryl/α,β-unsaturated/α-hetero) is 2. The highest BCUT2D eigenvalue weighted by atomic mass is 79.9. The third-order valence-corrected chi connectivity index (χ3v) is 5.58. The average Bonchev–Trinajstić information content (AvgIpc) is 2.80. The Morgan fingerprint density at radius 3 is 1.40 bits per heavy atom. The zero-order valence-electron chi connectivity index (χ0n) is 20.8. The first-order chi connectivity index (χ1) is 16.4. The Morgan fingerprint density at radius 2 is 1.11 bits per heavy atom. The van der Waals surface area contributed by atoms with Crippen molar-refractivity contribution >= 4 is 27.5 Å². The van der Waals surface area contributed by atoms with Crippen molar-refractivity contribution in [2.75, 3.05) is 31.8 Å². The molecule has 0 aliphatic rings. The Kier molecular flexibility index (Phi) is 13.1. The fourth-order valence-corrected chi connectivity index (χ4v) is 3.85. The highest BCUT2D eigenvalue weighted by Crippen LogP contribution is 2.24. The summed E-state index contributed by atoms with van der Waals surface area (Å²) in [4.78, 5) is 23.1. The van der Waals surface area contributed by atoms with E-state index in [1.807, 2.05) is 27.7 Å². The van der Waals surface area contributed by atoms with E-state index in [0.717, 1.165) is 22.3 Å². The van der Waals surface area contributed by atoms with Crippen LogP contribution in [0.5, 0.6) is 11.5 Å². The Morgan fingerprint density at radius 1 is 0.771 bits per heavy atom. The third kappa shape index (κ3) is 9.70. The number of ketones is 2. The standard InChI is InChI=1S/C13H17BrO4.C13H18O4/c1-8-3-11(18-7-10(16)6-15)4-9(2)13(8)12(17)5-14;1-8-4-12(17-7-11(16)6-14)5-9(2)13(8)10(3)15/h3-4,10,15-16H,5-7H2,1-2H3;4-5,11,14,16H,6-7H2,1-3H3. The molecule has 0 aliphatic carbocycles. The van der Waals surface area contributed by atoms with Gasteiger partial charge in [-0.05, 0) is 81.1 Å². The molecule has 0 saturated carbocycles. The number of halogens is 1. The molecule has 35 heavy (non-hydrogen) atoms. The number of ether oxygens (including phenoxy) is 2. The largest absolute Gasteiger partial charge is 0.491 e. The number of benzene rings is 2. The second kappa shape index (κ2) is 15.0. The van der Waals surface area contributed by atoms with Crippen LogP contribution in [0.2, 0.25) is 0 Å². The number of rotatable bonds is 11. The van der Waals surface area contributed by atoms with Crippen molar-refractivity contribution in [3.8, 4) is 11.5 Å². The molecule has 9 heteroatoms. The Hall–Kier alpha value is -2.30. The predicted molar refractivity (Wildman–Crippen MR) is 137 cm³/mol. The molecule has 0 aromatic heterocycles. The highest BCUT2D eigenvalue weighted by molar-refractivity contribution is 9.09. The number of carbonyl (C=O) groups excluding carboxylic acids is 2. The molecule has 8 nitrogen and oxygen atoms in total. The summed E-state index contributed by atoms with van der Waals surface area (Å²) >= 11 is 3.16. The predicted octanol–water partition coefficient (Wildman–Crippen LogP) is 2.85. The number of alkyl halides is 1. The first-order valence-corrected chi connectivity index (χ1v) is 12.2. The van der Waals surface area contributed by atoms with Crippen LogP contribution in [-0.2, 0) is 0 Å². The molecule has 0 bridgehead atoms. The van der Waals surface area contributed by atoms with E-state index in [4.69, 9.17) is 19.7 Å². The SMILES string of the molecule is CC(=O)c1c(C)cc(OCC(O)CO)cc1C.Cc1cc(OCC(O)CO)cc(C)c1C(=O)CBr. The lowest BCUT2D eigenvalue weighted by Crippen LogP contribution is -2.21. The molecule has 0 saturated heterocycles. The fraction of sp³-hybridized carbons (Fsp3) is 0.462. The van der Waals surface area contributed by atoms with Crippen molar-refractivity contribution in [1.29, 1.82) is 0 Å². The first-order valence-electron chi connectivity index (χ1n) is 11.1. The van der Waals surface area contributed by atoms with Gasteiger partial charge in [0.1, 0.15) is 36.9 Å². The first kappa shape index (κ1) is 30.7. The Bertz CT molecular complexity index is 959. The van der Waals surface area contributed by atoms with Gasteiger partial charge in [0.15, 0.2) is 11.6 Å². The quantitative estimate of drug-likeness (QED) is 0.246. The van der Waals surface area contributed by atoms with Crippen molar-refractivity contribution in [1.82, 2.24) is 0 Å². The molecule has 0 spiro atoms. The summed E-state index contributed by atoms with van der Waals surface area (Å²) in [5.41, 5.74) is 4.79. The van der Waals surface area contributed by atoms with Crippen LogP contribution in [0.3, 0.4) is 0 Å². The van der Waals surface area contributed by atoms with Gasteiger partial charge in [0, 0.05) is 11.1 Å². The van der Waals surface area contributed by atoms with Gasteiger partial charge < -0.3 is 29.9 Å². The van der Waals surface area contributed by atoms with Gasteiger partial charge in [-0.15, -0.1) is 0 Å². The molecule has 0 radical (unpaired) electrons. The van der Waals surface area contributed by atoms with Crippen LogP contribution in [0.1, 0.15) is 49.9 Å². The van der Waals surface area contributed by atoms with Crippen molar-refractivity contribution < 1.29 is 39.5 Å². The zero-order valence-corrected chi connectivity index (χ0v) is 22.4. The minimum absolute atomic E-state index is 0.0289. The van der Waals surface area contributed by atoms with Crippen LogP contribution >= 0.6 is 15.9 Å². The second-order valence-electron chi connectivity index (χ2n) is 8.27. The topological polar surface area (TPSA) is 134 Å². The normalized spacial score (nSPS) is 12.3. The molecule has 2 unspecified atom stereocenters. The fourth-order valence-electron chi connectivity index (χ4n) is 3.57. The van der Waals surface area contributed by atoms with Crippen LogP contribution in [0, 0.1) is 27.7 Å². The summed E-state index contributed by atoms with van der Waals surface area (Å²) in [5, 5.41) is 36.0. The molecule has 2 aromatic rings. The van der Waals surface area contributed by atoms with Gasteiger partial charge in [-0.2, -0.15) is 0 Å². The maximum Gasteiger partial charge on any atom is 0.173 e. The highest BCUT2D eigenvalue weighted by Gasteiger charge is 2.14. The van der Waals surface area contributed by atoms with Crippen molar-refractivity contribution in [2.45, 2.75) is 46.8 Å². The summed E-state index contributed by atoms with van der Waals surface area (Å²) in [6, 6.07) is 7.03. The molecule has 0 fully saturated rings. The lowest BCUT2D eigenvalue weighted by atomic mass is 9.99. The number of aryl methyl sites for hydroxylation is 4. The van der Waals surface area contributed by atoms with E-state index in [1.165, 1.54) is 6.92 Å². The summed E-state index contributed by atoms with van der Waals surface area (Å²) in [6.45, 7) is 8.32. The van der Waals surface area contributed by atoms with Gasteiger partial charge in [-0.1, -0.05) is 15.9 Å². The van der Waals surface area contributed by atoms with Crippen molar-refractivity contribution in [3.05, 3.63) is 57.6 Å². The van der Waals surface area contributed by atoms with E-state index in [1.54, 1.807) is 24.3 Å².